The highest BCUT2D eigenvalue weighted by Crippen LogP contribution is 2.06. The van der Waals surface area contributed by atoms with E-state index in [1.165, 1.54) is 4.90 Å². The van der Waals surface area contributed by atoms with Crippen molar-refractivity contribution in [2.24, 2.45) is 5.92 Å². The molecule has 2 N–H and O–H groups in total. The van der Waals surface area contributed by atoms with E-state index in [0.29, 0.717) is 13.1 Å². The first-order valence-electron chi connectivity index (χ1n) is 7.11. The monoisotopic (exact) mass is 293 g/mol. The zero-order valence-electron chi connectivity index (χ0n) is 12.8. The number of rotatable bonds is 7. The summed E-state index contributed by atoms with van der Waals surface area (Å²) in [7, 11) is 0. The fourth-order valence-corrected chi connectivity index (χ4v) is 2.05. The first-order chi connectivity index (χ1) is 9.93. The van der Waals surface area contributed by atoms with Crippen molar-refractivity contribution in [2.45, 2.75) is 33.7 Å². The number of urea groups is 1. The number of aromatic nitrogens is 1. The smallest absolute Gasteiger partial charge is 0.323 e. The summed E-state index contributed by atoms with van der Waals surface area (Å²) in [5.41, 5.74) is 1.89. The summed E-state index contributed by atoms with van der Waals surface area (Å²) < 4.78 is 0. The lowest BCUT2D eigenvalue weighted by molar-refractivity contribution is -0.137. The van der Waals surface area contributed by atoms with Crippen molar-refractivity contribution in [2.75, 3.05) is 13.1 Å². The Morgan fingerprint density at radius 2 is 2.14 bits per heavy atom. The van der Waals surface area contributed by atoms with Crippen LogP contribution in [0.25, 0.3) is 0 Å². The number of carbonyl (C=O) groups is 2. The minimum Gasteiger partial charge on any atom is -0.480 e. The molecule has 1 aromatic rings. The van der Waals surface area contributed by atoms with Crippen LogP contribution in [-0.4, -0.2) is 40.1 Å². The van der Waals surface area contributed by atoms with Gasteiger partial charge in [0.05, 0.1) is 12.2 Å². The van der Waals surface area contributed by atoms with E-state index in [-0.39, 0.29) is 18.5 Å². The first-order valence-corrected chi connectivity index (χ1v) is 7.11. The lowest BCUT2D eigenvalue weighted by Gasteiger charge is -2.23. The Morgan fingerprint density at radius 3 is 2.71 bits per heavy atom. The third kappa shape index (κ3) is 5.81. The molecule has 0 saturated heterocycles. The van der Waals surface area contributed by atoms with E-state index in [1.807, 2.05) is 32.9 Å². The molecule has 2 amide bonds. The lowest BCUT2D eigenvalue weighted by atomic mass is 10.1. The molecule has 0 aromatic carbocycles. The molecule has 0 atom stereocenters. The molecule has 6 nitrogen and oxygen atoms in total. The third-order valence-corrected chi connectivity index (χ3v) is 2.97. The highest BCUT2D eigenvalue weighted by molar-refractivity contribution is 5.80. The molecule has 6 heteroatoms. The standard InChI is InChI=1S/C15H23N3O3/c1-4-12-6-5-7-16-13(12)8-17-15(21)18(9-11(2)3)10-14(19)20/h5-7,11H,4,8-10H2,1-3H3,(H,17,21)(H,19,20). The summed E-state index contributed by atoms with van der Waals surface area (Å²) in [5.74, 6) is -0.811. The van der Waals surface area contributed by atoms with Crippen LogP contribution >= 0.6 is 0 Å². The maximum Gasteiger partial charge on any atom is 0.323 e. The van der Waals surface area contributed by atoms with Gasteiger partial charge in [-0.25, -0.2) is 4.79 Å². The number of nitrogens with zero attached hydrogens (tertiary/aromatic N) is 2. The van der Waals surface area contributed by atoms with Crippen molar-refractivity contribution in [3.8, 4) is 0 Å². The quantitative estimate of drug-likeness (QED) is 0.804. The van der Waals surface area contributed by atoms with Crippen LogP contribution in [0.3, 0.4) is 0 Å². The highest BCUT2D eigenvalue weighted by Gasteiger charge is 2.18. The van der Waals surface area contributed by atoms with Gasteiger partial charge in [-0.3, -0.25) is 9.78 Å². The fourth-order valence-electron chi connectivity index (χ4n) is 2.05. The second-order valence-electron chi connectivity index (χ2n) is 5.29. The number of nitrogens with one attached hydrogen (secondary N) is 1. The number of aliphatic carboxylic acids is 1. The fraction of sp³-hybridized carbons (Fsp3) is 0.533. The Balaban J connectivity index is 2.66. The maximum absolute atomic E-state index is 12.1. The Kier molecular flexibility index (Phi) is 6.65. The second-order valence-corrected chi connectivity index (χ2v) is 5.29. The van der Waals surface area contributed by atoms with Crippen molar-refractivity contribution in [3.63, 3.8) is 0 Å². The van der Waals surface area contributed by atoms with Gasteiger partial charge in [-0.2, -0.15) is 0 Å². The average molecular weight is 293 g/mol. The van der Waals surface area contributed by atoms with E-state index in [2.05, 4.69) is 10.3 Å². The van der Waals surface area contributed by atoms with Gasteiger partial charge in [-0.15, -0.1) is 0 Å². The maximum atomic E-state index is 12.1. The molecule has 21 heavy (non-hydrogen) atoms. The van der Waals surface area contributed by atoms with E-state index in [0.717, 1.165) is 17.7 Å². The van der Waals surface area contributed by atoms with E-state index in [9.17, 15) is 9.59 Å². The Morgan fingerprint density at radius 1 is 1.43 bits per heavy atom. The normalized spacial score (nSPS) is 10.5. The van der Waals surface area contributed by atoms with Crippen LogP contribution in [0.15, 0.2) is 18.3 Å². The summed E-state index contributed by atoms with van der Waals surface area (Å²) >= 11 is 0. The number of aryl methyl sites for hydroxylation is 1. The molecule has 0 saturated carbocycles. The summed E-state index contributed by atoms with van der Waals surface area (Å²) in [6.07, 6.45) is 2.52. The Hall–Kier alpha value is -2.11. The van der Waals surface area contributed by atoms with Crippen LogP contribution in [0.4, 0.5) is 4.79 Å². The number of carbonyl (C=O) groups excluding carboxylic acids is 1. The molecule has 0 bridgehead atoms. The van der Waals surface area contributed by atoms with Gasteiger partial charge in [0.15, 0.2) is 0 Å². The van der Waals surface area contributed by atoms with Crippen molar-refractivity contribution >= 4 is 12.0 Å². The number of carboxylic acid groups (broad SMARTS) is 1. The van der Waals surface area contributed by atoms with Crippen molar-refractivity contribution in [3.05, 3.63) is 29.6 Å². The zero-order valence-corrected chi connectivity index (χ0v) is 12.8. The number of carboxylic acids is 1. The van der Waals surface area contributed by atoms with E-state index in [4.69, 9.17) is 5.11 Å². The molecule has 0 radical (unpaired) electrons. The van der Waals surface area contributed by atoms with Gasteiger partial charge in [0.25, 0.3) is 0 Å². The molecule has 1 aromatic heterocycles. The van der Waals surface area contributed by atoms with Crippen LogP contribution in [0.2, 0.25) is 0 Å². The highest BCUT2D eigenvalue weighted by atomic mass is 16.4. The molecule has 0 spiro atoms. The largest absolute Gasteiger partial charge is 0.480 e. The molecule has 0 aliphatic heterocycles. The molecule has 116 valence electrons. The molecule has 0 aliphatic rings. The summed E-state index contributed by atoms with van der Waals surface area (Å²) in [4.78, 5) is 28.5. The Labute approximate surface area is 125 Å². The van der Waals surface area contributed by atoms with Gasteiger partial charge in [-0.1, -0.05) is 26.8 Å². The van der Waals surface area contributed by atoms with Crippen molar-refractivity contribution in [1.29, 1.82) is 0 Å². The molecule has 0 aliphatic carbocycles. The summed E-state index contributed by atoms with van der Waals surface area (Å²) in [6.45, 7) is 6.31. The number of hydrogen-bond acceptors (Lipinski definition) is 3. The van der Waals surface area contributed by atoms with Gasteiger partial charge >= 0.3 is 12.0 Å². The molecular formula is C15H23N3O3. The van der Waals surface area contributed by atoms with Crippen LogP contribution < -0.4 is 5.32 Å². The molecule has 1 rings (SSSR count). The van der Waals surface area contributed by atoms with Gasteiger partial charge in [0, 0.05) is 12.7 Å². The van der Waals surface area contributed by atoms with E-state index >= 15 is 0 Å². The summed E-state index contributed by atoms with van der Waals surface area (Å²) in [5, 5.41) is 11.6. The third-order valence-electron chi connectivity index (χ3n) is 2.97. The average Bonchev–Trinajstić information content (AvgIpc) is 2.43. The molecule has 0 unspecified atom stereocenters. The summed E-state index contributed by atoms with van der Waals surface area (Å²) in [6, 6.07) is 3.45. The lowest BCUT2D eigenvalue weighted by Crippen LogP contribution is -2.44. The zero-order chi connectivity index (χ0) is 15.8. The van der Waals surface area contributed by atoms with Gasteiger partial charge in [-0.05, 0) is 24.0 Å². The number of pyridine rings is 1. The molecule has 0 fully saturated rings. The van der Waals surface area contributed by atoms with Crippen molar-refractivity contribution < 1.29 is 14.7 Å². The van der Waals surface area contributed by atoms with Crippen LogP contribution in [0.5, 0.6) is 0 Å². The molecular weight excluding hydrogens is 270 g/mol. The van der Waals surface area contributed by atoms with E-state index < -0.39 is 5.97 Å². The minimum absolute atomic E-state index is 0.205. The van der Waals surface area contributed by atoms with Crippen LogP contribution in [0, 0.1) is 5.92 Å². The predicted octanol–water partition coefficient (Wildman–Crippen LogP) is 1.90. The number of amides is 2. The van der Waals surface area contributed by atoms with E-state index in [1.54, 1.807) is 6.20 Å². The number of hydrogen-bond donors (Lipinski definition) is 2. The van der Waals surface area contributed by atoms with Crippen LogP contribution in [0.1, 0.15) is 32.0 Å². The predicted molar refractivity (Wildman–Crippen MR) is 79.9 cm³/mol. The van der Waals surface area contributed by atoms with Gasteiger partial charge in [0.2, 0.25) is 0 Å². The van der Waals surface area contributed by atoms with Gasteiger partial charge < -0.3 is 15.3 Å². The van der Waals surface area contributed by atoms with Crippen molar-refractivity contribution in [1.82, 2.24) is 15.2 Å². The Bertz CT molecular complexity index is 489. The topological polar surface area (TPSA) is 82.5 Å². The second kappa shape index (κ2) is 8.24. The van der Waals surface area contributed by atoms with Crippen LogP contribution in [-0.2, 0) is 17.8 Å². The SMILES string of the molecule is CCc1cccnc1CNC(=O)N(CC(=O)O)CC(C)C. The first kappa shape index (κ1) is 16.9. The minimum atomic E-state index is -1.02. The van der Waals surface area contributed by atoms with Gasteiger partial charge in [0.1, 0.15) is 6.54 Å². The molecule has 1 heterocycles.